The van der Waals surface area contributed by atoms with E-state index in [4.69, 9.17) is 4.98 Å². The zero-order chi connectivity index (χ0) is 22.4. The molecule has 0 spiro atoms. The zero-order valence-corrected chi connectivity index (χ0v) is 18.6. The van der Waals surface area contributed by atoms with Crippen molar-refractivity contribution in [1.29, 1.82) is 0 Å². The molecule has 0 aliphatic carbocycles. The standard InChI is InChI=1S/C23H24N4O2.C2H6/c1-15-10-20-17(11-18(15)12-21-22(28)26-23(29)27(21)2)8-9-19(25-20)14-24-13-16-6-4-3-5-7-16;1-2/h3-11,21,24H,12-14H2,1-2H3,(H,26,28,29);1-2H3. The average molecular weight is 419 g/mol. The maximum absolute atomic E-state index is 12.0. The zero-order valence-electron chi connectivity index (χ0n) is 18.6. The monoisotopic (exact) mass is 418 g/mol. The molecule has 1 atom stereocenters. The minimum Gasteiger partial charge on any atom is -0.315 e. The summed E-state index contributed by atoms with van der Waals surface area (Å²) in [6.45, 7) is 7.51. The minimum absolute atomic E-state index is 0.241. The van der Waals surface area contributed by atoms with Crippen LogP contribution in [-0.2, 0) is 24.3 Å². The van der Waals surface area contributed by atoms with E-state index in [-0.39, 0.29) is 11.9 Å². The van der Waals surface area contributed by atoms with Crippen molar-refractivity contribution in [3.8, 4) is 0 Å². The molecule has 2 aromatic carbocycles. The maximum Gasteiger partial charge on any atom is 0.324 e. The molecule has 1 aliphatic rings. The molecule has 6 nitrogen and oxygen atoms in total. The third kappa shape index (κ3) is 5.27. The van der Waals surface area contributed by atoms with Crippen LogP contribution < -0.4 is 10.6 Å². The Labute approximate surface area is 183 Å². The van der Waals surface area contributed by atoms with Gasteiger partial charge in [0.25, 0.3) is 5.91 Å². The molecule has 31 heavy (non-hydrogen) atoms. The Balaban J connectivity index is 0.00000132. The molecular weight excluding hydrogens is 388 g/mol. The number of aryl methyl sites for hydroxylation is 1. The number of hydrogen-bond donors (Lipinski definition) is 2. The van der Waals surface area contributed by atoms with Gasteiger partial charge in [0.15, 0.2) is 0 Å². The largest absolute Gasteiger partial charge is 0.324 e. The van der Waals surface area contributed by atoms with E-state index < -0.39 is 6.04 Å². The average Bonchev–Trinajstić information content (AvgIpc) is 3.02. The Morgan fingerprint density at radius 2 is 1.77 bits per heavy atom. The van der Waals surface area contributed by atoms with Gasteiger partial charge in [-0.1, -0.05) is 50.2 Å². The van der Waals surface area contributed by atoms with Crippen LogP contribution in [0.5, 0.6) is 0 Å². The molecule has 1 aromatic heterocycles. The summed E-state index contributed by atoms with van der Waals surface area (Å²) in [5.74, 6) is -0.241. The number of carbonyl (C=O) groups excluding carboxylic acids is 2. The number of rotatable bonds is 6. The van der Waals surface area contributed by atoms with E-state index in [1.54, 1.807) is 7.05 Å². The normalized spacial score (nSPS) is 15.6. The number of nitrogens with zero attached hydrogens (tertiary/aromatic N) is 2. The Bertz CT molecular complexity index is 1070. The molecule has 1 fully saturated rings. The Kier molecular flexibility index (Phi) is 7.36. The van der Waals surface area contributed by atoms with Crippen LogP contribution in [0.1, 0.15) is 36.2 Å². The highest BCUT2D eigenvalue weighted by Gasteiger charge is 2.35. The van der Waals surface area contributed by atoms with E-state index in [1.165, 1.54) is 10.5 Å². The lowest BCUT2D eigenvalue weighted by molar-refractivity contribution is -0.121. The third-order valence-corrected chi connectivity index (χ3v) is 5.42. The summed E-state index contributed by atoms with van der Waals surface area (Å²) in [4.78, 5) is 29.9. The van der Waals surface area contributed by atoms with Gasteiger partial charge in [0, 0.05) is 31.9 Å². The Morgan fingerprint density at radius 3 is 2.45 bits per heavy atom. The van der Waals surface area contributed by atoms with Crippen LogP contribution in [0.25, 0.3) is 10.9 Å². The number of hydrogen-bond acceptors (Lipinski definition) is 4. The smallest absolute Gasteiger partial charge is 0.315 e. The summed E-state index contributed by atoms with van der Waals surface area (Å²) in [7, 11) is 1.65. The number of aromatic nitrogens is 1. The molecular formula is C25H30N4O2. The Hall–Kier alpha value is -3.25. The highest BCUT2D eigenvalue weighted by atomic mass is 16.2. The second kappa shape index (κ2) is 10.2. The fourth-order valence-electron chi connectivity index (χ4n) is 3.65. The number of fused-ring (bicyclic) bond motifs is 1. The van der Waals surface area contributed by atoms with Crippen LogP contribution in [0.4, 0.5) is 4.79 Å². The van der Waals surface area contributed by atoms with Crippen LogP contribution in [0.15, 0.2) is 54.6 Å². The summed E-state index contributed by atoms with van der Waals surface area (Å²) < 4.78 is 0. The van der Waals surface area contributed by atoms with Gasteiger partial charge in [-0.05, 0) is 41.8 Å². The summed E-state index contributed by atoms with van der Waals surface area (Å²) in [5, 5.41) is 6.82. The summed E-state index contributed by atoms with van der Waals surface area (Å²) in [5.41, 5.74) is 5.29. The van der Waals surface area contributed by atoms with Gasteiger partial charge in [-0.3, -0.25) is 15.1 Å². The van der Waals surface area contributed by atoms with Gasteiger partial charge in [-0.25, -0.2) is 4.79 Å². The fourth-order valence-corrected chi connectivity index (χ4v) is 3.65. The highest BCUT2D eigenvalue weighted by molar-refractivity contribution is 6.04. The maximum atomic E-state index is 12.0. The van der Waals surface area contributed by atoms with E-state index in [9.17, 15) is 9.59 Å². The topological polar surface area (TPSA) is 74.3 Å². The van der Waals surface area contributed by atoms with Crippen molar-refractivity contribution in [2.75, 3.05) is 7.05 Å². The van der Waals surface area contributed by atoms with Crippen LogP contribution >= 0.6 is 0 Å². The number of urea groups is 1. The van der Waals surface area contributed by atoms with E-state index in [2.05, 4.69) is 41.0 Å². The number of pyridine rings is 1. The lowest BCUT2D eigenvalue weighted by atomic mass is 9.98. The molecule has 0 radical (unpaired) electrons. The molecule has 162 valence electrons. The third-order valence-electron chi connectivity index (χ3n) is 5.42. The van der Waals surface area contributed by atoms with Gasteiger partial charge >= 0.3 is 6.03 Å². The van der Waals surface area contributed by atoms with Crippen LogP contribution in [0, 0.1) is 6.92 Å². The first kappa shape index (κ1) is 22.4. The van der Waals surface area contributed by atoms with Gasteiger partial charge in [0.05, 0.1) is 11.2 Å². The summed E-state index contributed by atoms with van der Waals surface area (Å²) in [6.07, 6.45) is 0.496. The van der Waals surface area contributed by atoms with E-state index in [1.807, 2.05) is 45.0 Å². The molecule has 3 aromatic rings. The number of imide groups is 1. The molecule has 4 rings (SSSR count). The van der Waals surface area contributed by atoms with E-state index in [0.29, 0.717) is 13.0 Å². The second-order valence-electron chi connectivity index (χ2n) is 7.49. The van der Waals surface area contributed by atoms with Crippen molar-refractivity contribution >= 4 is 22.8 Å². The molecule has 3 amide bonds. The first-order chi connectivity index (χ1) is 15.0. The quantitative estimate of drug-likeness (QED) is 0.595. The number of amides is 3. The van der Waals surface area contributed by atoms with Gasteiger partial charge in [0.1, 0.15) is 6.04 Å². The molecule has 2 N–H and O–H groups in total. The Morgan fingerprint density at radius 1 is 1.03 bits per heavy atom. The highest BCUT2D eigenvalue weighted by Crippen LogP contribution is 2.22. The van der Waals surface area contributed by atoms with Gasteiger partial charge < -0.3 is 10.2 Å². The molecule has 6 heteroatoms. The lowest BCUT2D eigenvalue weighted by Crippen LogP contribution is -2.33. The van der Waals surface area contributed by atoms with Crippen molar-refractivity contribution in [3.63, 3.8) is 0 Å². The predicted octanol–water partition coefficient (Wildman–Crippen LogP) is 3.95. The van der Waals surface area contributed by atoms with Crippen molar-refractivity contribution in [2.45, 2.75) is 46.3 Å². The molecule has 1 saturated heterocycles. The van der Waals surface area contributed by atoms with E-state index in [0.717, 1.165) is 34.3 Å². The van der Waals surface area contributed by atoms with Crippen molar-refractivity contribution in [2.24, 2.45) is 0 Å². The van der Waals surface area contributed by atoms with Crippen LogP contribution in [-0.4, -0.2) is 34.9 Å². The first-order valence-corrected chi connectivity index (χ1v) is 10.7. The van der Waals surface area contributed by atoms with Gasteiger partial charge in [0.2, 0.25) is 0 Å². The van der Waals surface area contributed by atoms with Crippen molar-refractivity contribution < 1.29 is 9.59 Å². The van der Waals surface area contributed by atoms with Gasteiger partial charge in [-0.2, -0.15) is 0 Å². The molecule has 2 heterocycles. The first-order valence-electron chi connectivity index (χ1n) is 10.7. The van der Waals surface area contributed by atoms with Gasteiger partial charge in [-0.15, -0.1) is 0 Å². The lowest BCUT2D eigenvalue weighted by Gasteiger charge is -2.18. The number of benzene rings is 2. The molecule has 1 aliphatic heterocycles. The molecule has 1 unspecified atom stereocenters. The molecule has 0 bridgehead atoms. The summed E-state index contributed by atoms with van der Waals surface area (Å²) in [6, 6.07) is 17.7. The number of likely N-dealkylation sites (N-methyl/N-ethyl adjacent to an activating group) is 1. The number of carbonyl (C=O) groups is 2. The predicted molar refractivity (Wildman–Crippen MR) is 124 cm³/mol. The van der Waals surface area contributed by atoms with Crippen molar-refractivity contribution in [3.05, 3.63) is 77.0 Å². The second-order valence-corrected chi connectivity index (χ2v) is 7.49. The summed E-state index contributed by atoms with van der Waals surface area (Å²) >= 11 is 0. The molecule has 0 saturated carbocycles. The van der Waals surface area contributed by atoms with Crippen molar-refractivity contribution in [1.82, 2.24) is 20.5 Å². The van der Waals surface area contributed by atoms with E-state index >= 15 is 0 Å². The fraction of sp³-hybridized carbons (Fsp3) is 0.320. The van der Waals surface area contributed by atoms with Crippen LogP contribution in [0.3, 0.4) is 0 Å². The van der Waals surface area contributed by atoms with Crippen LogP contribution in [0.2, 0.25) is 0 Å². The SMILES string of the molecule is CC.Cc1cc2nc(CNCc3ccccc3)ccc2cc1CC1C(=O)NC(=O)N1C. The number of nitrogens with one attached hydrogen (secondary N) is 2. The minimum atomic E-state index is -0.465.